The Balaban J connectivity index is 2.08. The zero-order chi connectivity index (χ0) is 14.5. The summed E-state index contributed by atoms with van der Waals surface area (Å²) < 4.78 is 6.65. The molecule has 1 aliphatic rings. The van der Waals surface area contributed by atoms with Crippen molar-refractivity contribution >= 4 is 21.6 Å². The Morgan fingerprint density at radius 1 is 1.50 bits per heavy atom. The molecular weight excluding hydrogens is 316 g/mol. The first-order chi connectivity index (χ1) is 9.63. The van der Waals surface area contributed by atoms with Crippen molar-refractivity contribution in [2.24, 2.45) is 0 Å². The van der Waals surface area contributed by atoms with Crippen LogP contribution < -0.4 is 10.2 Å². The van der Waals surface area contributed by atoms with Gasteiger partial charge in [-0.2, -0.15) is 0 Å². The molecule has 0 spiro atoms. The quantitative estimate of drug-likeness (QED) is 0.853. The number of ether oxygens (including phenoxy) is 1. The molecule has 1 aromatic rings. The molecule has 20 heavy (non-hydrogen) atoms. The standard InChI is InChI=1S/C16H25BrN2O/c1-4-8-18-12(2)15-6-5-13(10-16(15)17)19(3)14-7-9-20-11-14/h5-6,10,12,14,18H,4,7-9,11H2,1-3H3. The molecule has 0 aromatic heterocycles. The van der Waals surface area contributed by atoms with Crippen LogP contribution in [0.25, 0.3) is 0 Å². The van der Waals surface area contributed by atoms with Gasteiger partial charge in [0.25, 0.3) is 0 Å². The van der Waals surface area contributed by atoms with Crippen LogP contribution in [0.15, 0.2) is 22.7 Å². The van der Waals surface area contributed by atoms with Gasteiger partial charge in [-0.05, 0) is 44.0 Å². The van der Waals surface area contributed by atoms with Crippen LogP contribution in [0.1, 0.15) is 38.3 Å². The minimum Gasteiger partial charge on any atom is -0.379 e. The maximum Gasteiger partial charge on any atom is 0.0670 e. The van der Waals surface area contributed by atoms with Crippen molar-refractivity contribution in [2.75, 3.05) is 31.7 Å². The number of nitrogens with one attached hydrogen (secondary N) is 1. The molecule has 1 aromatic carbocycles. The Hall–Kier alpha value is -0.580. The average Bonchev–Trinajstić information content (AvgIpc) is 2.98. The van der Waals surface area contributed by atoms with Crippen LogP contribution >= 0.6 is 15.9 Å². The third kappa shape index (κ3) is 3.74. The second kappa shape index (κ2) is 7.43. The molecular formula is C16H25BrN2O. The van der Waals surface area contributed by atoms with Crippen LogP contribution in [-0.4, -0.2) is 32.8 Å². The van der Waals surface area contributed by atoms with E-state index in [2.05, 4.69) is 65.2 Å². The number of halogens is 1. The molecule has 1 N–H and O–H groups in total. The van der Waals surface area contributed by atoms with Gasteiger partial charge >= 0.3 is 0 Å². The first-order valence-corrected chi connectivity index (χ1v) is 8.26. The molecule has 112 valence electrons. The van der Waals surface area contributed by atoms with Crippen molar-refractivity contribution in [3.8, 4) is 0 Å². The van der Waals surface area contributed by atoms with Gasteiger partial charge in [-0.25, -0.2) is 0 Å². The van der Waals surface area contributed by atoms with Gasteiger partial charge in [0, 0.05) is 29.9 Å². The number of rotatable bonds is 6. The fraction of sp³-hybridized carbons (Fsp3) is 0.625. The van der Waals surface area contributed by atoms with Crippen molar-refractivity contribution in [1.82, 2.24) is 5.32 Å². The molecule has 4 heteroatoms. The van der Waals surface area contributed by atoms with E-state index in [0.717, 1.165) is 32.6 Å². The fourth-order valence-electron chi connectivity index (χ4n) is 2.60. The Bertz CT molecular complexity index is 432. The summed E-state index contributed by atoms with van der Waals surface area (Å²) >= 11 is 3.72. The Morgan fingerprint density at radius 3 is 2.90 bits per heavy atom. The van der Waals surface area contributed by atoms with Crippen molar-refractivity contribution < 1.29 is 4.74 Å². The summed E-state index contributed by atoms with van der Waals surface area (Å²) in [4.78, 5) is 2.33. The van der Waals surface area contributed by atoms with Crippen molar-refractivity contribution in [3.05, 3.63) is 28.2 Å². The van der Waals surface area contributed by atoms with Crippen LogP contribution in [0.4, 0.5) is 5.69 Å². The summed E-state index contributed by atoms with van der Waals surface area (Å²) in [6.45, 7) is 7.17. The molecule has 1 heterocycles. The topological polar surface area (TPSA) is 24.5 Å². The SMILES string of the molecule is CCCNC(C)c1ccc(N(C)C2CCOC2)cc1Br. The predicted molar refractivity (Wildman–Crippen MR) is 88.5 cm³/mol. The van der Waals surface area contributed by atoms with E-state index in [-0.39, 0.29) is 0 Å². The zero-order valence-corrected chi connectivity index (χ0v) is 14.2. The minimum absolute atomic E-state index is 0.374. The van der Waals surface area contributed by atoms with Crippen molar-refractivity contribution in [2.45, 2.75) is 38.8 Å². The lowest BCUT2D eigenvalue weighted by Gasteiger charge is -2.26. The highest BCUT2D eigenvalue weighted by molar-refractivity contribution is 9.10. The van der Waals surface area contributed by atoms with Gasteiger partial charge < -0.3 is 15.0 Å². The number of nitrogens with zero attached hydrogens (tertiary/aromatic N) is 1. The first kappa shape index (κ1) is 15.8. The van der Waals surface area contributed by atoms with Crippen LogP contribution in [0.2, 0.25) is 0 Å². The summed E-state index contributed by atoms with van der Waals surface area (Å²) in [5.74, 6) is 0. The molecule has 0 aliphatic carbocycles. The van der Waals surface area contributed by atoms with E-state index in [1.54, 1.807) is 0 Å². The van der Waals surface area contributed by atoms with E-state index in [0.29, 0.717) is 12.1 Å². The van der Waals surface area contributed by atoms with Gasteiger partial charge in [0.1, 0.15) is 0 Å². The molecule has 2 unspecified atom stereocenters. The highest BCUT2D eigenvalue weighted by atomic mass is 79.9. The maximum absolute atomic E-state index is 5.47. The van der Waals surface area contributed by atoms with Gasteiger partial charge in [-0.3, -0.25) is 0 Å². The lowest BCUT2D eigenvalue weighted by atomic mass is 10.1. The second-order valence-electron chi connectivity index (χ2n) is 5.51. The molecule has 3 nitrogen and oxygen atoms in total. The number of hydrogen-bond donors (Lipinski definition) is 1. The zero-order valence-electron chi connectivity index (χ0n) is 12.7. The van der Waals surface area contributed by atoms with Gasteiger partial charge in [0.05, 0.1) is 12.6 Å². The number of hydrogen-bond acceptors (Lipinski definition) is 3. The number of likely N-dealkylation sites (N-methyl/N-ethyl adjacent to an activating group) is 1. The summed E-state index contributed by atoms with van der Waals surface area (Å²) in [7, 11) is 2.15. The van der Waals surface area contributed by atoms with Crippen LogP contribution in [0.3, 0.4) is 0 Å². The largest absolute Gasteiger partial charge is 0.379 e. The van der Waals surface area contributed by atoms with Crippen LogP contribution in [0, 0.1) is 0 Å². The summed E-state index contributed by atoms with van der Waals surface area (Å²) in [6.07, 6.45) is 2.27. The molecule has 1 aliphatic heterocycles. The lowest BCUT2D eigenvalue weighted by Crippen LogP contribution is -2.31. The highest BCUT2D eigenvalue weighted by Gasteiger charge is 2.21. The van der Waals surface area contributed by atoms with E-state index < -0.39 is 0 Å². The van der Waals surface area contributed by atoms with Gasteiger partial charge in [0.15, 0.2) is 0 Å². The van der Waals surface area contributed by atoms with Crippen molar-refractivity contribution in [3.63, 3.8) is 0 Å². The summed E-state index contributed by atoms with van der Waals surface area (Å²) in [6, 6.07) is 7.53. The van der Waals surface area contributed by atoms with Crippen LogP contribution in [-0.2, 0) is 4.74 Å². The van der Waals surface area contributed by atoms with E-state index in [9.17, 15) is 0 Å². The Kier molecular flexibility index (Phi) is 5.87. The maximum atomic E-state index is 5.47. The Labute approximate surface area is 130 Å². The average molecular weight is 341 g/mol. The molecule has 0 bridgehead atoms. The smallest absolute Gasteiger partial charge is 0.0670 e. The third-order valence-corrected chi connectivity index (χ3v) is 4.70. The summed E-state index contributed by atoms with van der Waals surface area (Å²) in [5, 5.41) is 3.53. The molecule has 0 amide bonds. The van der Waals surface area contributed by atoms with E-state index >= 15 is 0 Å². The van der Waals surface area contributed by atoms with Gasteiger partial charge in [-0.15, -0.1) is 0 Å². The van der Waals surface area contributed by atoms with E-state index in [4.69, 9.17) is 4.74 Å². The molecule has 2 rings (SSSR count). The van der Waals surface area contributed by atoms with Gasteiger partial charge in [-0.1, -0.05) is 28.9 Å². The first-order valence-electron chi connectivity index (χ1n) is 7.47. The Morgan fingerprint density at radius 2 is 2.30 bits per heavy atom. The molecule has 2 atom stereocenters. The number of anilines is 1. The minimum atomic E-state index is 0.374. The van der Waals surface area contributed by atoms with Gasteiger partial charge in [0.2, 0.25) is 0 Å². The van der Waals surface area contributed by atoms with Crippen molar-refractivity contribution in [1.29, 1.82) is 0 Å². The highest BCUT2D eigenvalue weighted by Crippen LogP contribution is 2.29. The fourth-order valence-corrected chi connectivity index (χ4v) is 3.31. The van der Waals surface area contributed by atoms with Crippen LogP contribution in [0.5, 0.6) is 0 Å². The predicted octanol–water partition coefficient (Wildman–Crippen LogP) is 3.73. The third-order valence-electron chi connectivity index (χ3n) is 4.01. The number of benzene rings is 1. The monoisotopic (exact) mass is 340 g/mol. The normalized spacial score (nSPS) is 20.1. The second-order valence-corrected chi connectivity index (χ2v) is 6.36. The summed E-state index contributed by atoms with van der Waals surface area (Å²) in [5.41, 5.74) is 2.57. The molecule has 0 radical (unpaired) electrons. The van der Waals surface area contributed by atoms with E-state index in [1.807, 2.05) is 0 Å². The molecule has 1 fully saturated rings. The van der Waals surface area contributed by atoms with E-state index in [1.165, 1.54) is 15.7 Å². The molecule has 1 saturated heterocycles. The molecule has 0 saturated carbocycles. The lowest BCUT2D eigenvalue weighted by molar-refractivity contribution is 0.193.